The van der Waals surface area contributed by atoms with Crippen molar-refractivity contribution in [2.45, 2.75) is 45.3 Å². The predicted octanol–water partition coefficient (Wildman–Crippen LogP) is 2.99. The number of hydrogen-bond acceptors (Lipinski definition) is 3. The molecule has 0 saturated carbocycles. The van der Waals surface area contributed by atoms with Crippen molar-refractivity contribution in [3.63, 3.8) is 0 Å². The molecule has 1 aromatic carbocycles. The van der Waals surface area contributed by atoms with Crippen LogP contribution in [0.2, 0.25) is 0 Å². The van der Waals surface area contributed by atoms with E-state index in [0.29, 0.717) is 6.42 Å². The summed E-state index contributed by atoms with van der Waals surface area (Å²) in [7, 11) is 0. The topological polar surface area (TPSA) is 55.8 Å². The standard InChI is InChI=1S/C14H18O4/c1-14(2)17-11-8-7-10(9-12(11)18-14)5-3-4-6-13(15)16/h7-9H,3-6H2,1-2H3,(H,15,16). The van der Waals surface area contributed by atoms with Crippen LogP contribution >= 0.6 is 0 Å². The van der Waals surface area contributed by atoms with Crippen molar-refractivity contribution in [2.24, 2.45) is 0 Å². The molecule has 1 aliphatic rings. The largest absolute Gasteiger partial charge is 0.481 e. The first-order chi connectivity index (χ1) is 8.46. The molecule has 0 saturated heterocycles. The minimum atomic E-state index is -0.734. The van der Waals surface area contributed by atoms with Crippen molar-refractivity contribution < 1.29 is 19.4 Å². The maximum absolute atomic E-state index is 10.4. The van der Waals surface area contributed by atoms with Crippen LogP contribution in [0, 0.1) is 0 Å². The third-order valence-electron chi connectivity index (χ3n) is 2.83. The molecule has 2 rings (SSSR count). The molecule has 98 valence electrons. The quantitative estimate of drug-likeness (QED) is 0.816. The number of unbranched alkanes of at least 4 members (excludes halogenated alkanes) is 1. The molecule has 1 heterocycles. The lowest BCUT2D eigenvalue weighted by Gasteiger charge is -2.16. The minimum absolute atomic E-state index is 0.234. The fraction of sp³-hybridized carbons (Fsp3) is 0.500. The van der Waals surface area contributed by atoms with Gasteiger partial charge in [0.2, 0.25) is 5.79 Å². The Balaban J connectivity index is 1.91. The fourth-order valence-corrected chi connectivity index (χ4v) is 2.03. The number of carboxylic acid groups (broad SMARTS) is 1. The molecule has 0 fully saturated rings. The van der Waals surface area contributed by atoms with Crippen LogP contribution in [-0.2, 0) is 11.2 Å². The van der Waals surface area contributed by atoms with Crippen molar-refractivity contribution in [1.82, 2.24) is 0 Å². The van der Waals surface area contributed by atoms with Gasteiger partial charge in [-0.2, -0.15) is 0 Å². The highest BCUT2D eigenvalue weighted by Gasteiger charge is 2.31. The van der Waals surface area contributed by atoms with Gasteiger partial charge in [-0.3, -0.25) is 4.79 Å². The second kappa shape index (κ2) is 4.88. The number of fused-ring (bicyclic) bond motifs is 1. The van der Waals surface area contributed by atoms with E-state index in [1.807, 2.05) is 32.0 Å². The van der Waals surface area contributed by atoms with Gasteiger partial charge in [0.1, 0.15) is 0 Å². The lowest BCUT2D eigenvalue weighted by Crippen LogP contribution is -2.29. The van der Waals surface area contributed by atoms with Crippen LogP contribution in [0.15, 0.2) is 18.2 Å². The summed E-state index contributed by atoms with van der Waals surface area (Å²) in [6.45, 7) is 3.75. The maximum Gasteiger partial charge on any atom is 0.303 e. The molecule has 1 aliphatic heterocycles. The highest BCUT2D eigenvalue weighted by molar-refractivity contribution is 5.66. The number of ether oxygens (including phenoxy) is 2. The van der Waals surface area contributed by atoms with E-state index in [1.54, 1.807) is 0 Å². The van der Waals surface area contributed by atoms with E-state index >= 15 is 0 Å². The van der Waals surface area contributed by atoms with E-state index in [4.69, 9.17) is 14.6 Å². The van der Waals surface area contributed by atoms with E-state index in [1.165, 1.54) is 0 Å². The molecule has 1 N–H and O–H groups in total. The molecule has 0 amide bonds. The number of hydrogen-bond donors (Lipinski definition) is 1. The first-order valence-electron chi connectivity index (χ1n) is 6.19. The Hall–Kier alpha value is -1.71. The molecule has 0 atom stereocenters. The minimum Gasteiger partial charge on any atom is -0.481 e. The zero-order valence-corrected chi connectivity index (χ0v) is 10.7. The Morgan fingerprint density at radius 1 is 1.22 bits per heavy atom. The first kappa shape index (κ1) is 12.7. The summed E-state index contributed by atoms with van der Waals surface area (Å²) in [5.74, 6) is 0.219. The van der Waals surface area contributed by atoms with Gasteiger partial charge in [-0.05, 0) is 37.0 Å². The number of rotatable bonds is 5. The van der Waals surface area contributed by atoms with Crippen LogP contribution in [0.1, 0.15) is 38.7 Å². The highest BCUT2D eigenvalue weighted by atomic mass is 16.7. The van der Waals surface area contributed by atoms with Gasteiger partial charge in [-0.15, -0.1) is 0 Å². The Morgan fingerprint density at radius 3 is 2.67 bits per heavy atom. The molecular weight excluding hydrogens is 232 g/mol. The zero-order valence-electron chi connectivity index (χ0n) is 10.7. The molecule has 1 aromatic rings. The van der Waals surface area contributed by atoms with E-state index in [0.717, 1.165) is 29.9 Å². The van der Waals surface area contributed by atoms with Gasteiger partial charge < -0.3 is 14.6 Å². The summed E-state index contributed by atoms with van der Waals surface area (Å²) in [6.07, 6.45) is 2.67. The van der Waals surface area contributed by atoms with Crippen molar-refractivity contribution in [3.8, 4) is 11.5 Å². The van der Waals surface area contributed by atoms with Gasteiger partial charge in [0, 0.05) is 20.3 Å². The van der Waals surface area contributed by atoms with Crippen LogP contribution in [0.5, 0.6) is 11.5 Å². The van der Waals surface area contributed by atoms with Crippen molar-refractivity contribution in [2.75, 3.05) is 0 Å². The summed E-state index contributed by atoms with van der Waals surface area (Å²) in [4.78, 5) is 10.4. The summed E-state index contributed by atoms with van der Waals surface area (Å²) >= 11 is 0. The lowest BCUT2D eigenvalue weighted by atomic mass is 10.1. The van der Waals surface area contributed by atoms with Gasteiger partial charge in [0.15, 0.2) is 11.5 Å². The van der Waals surface area contributed by atoms with Gasteiger partial charge in [0.25, 0.3) is 0 Å². The Kier molecular flexibility index (Phi) is 3.45. The molecule has 4 heteroatoms. The Morgan fingerprint density at radius 2 is 1.94 bits per heavy atom. The third kappa shape index (κ3) is 3.15. The molecule has 0 radical (unpaired) electrons. The highest BCUT2D eigenvalue weighted by Crippen LogP contribution is 2.39. The second-order valence-corrected chi connectivity index (χ2v) is 4.99. The monoisotopic (exact) mass is 250 g/mol. The molecule has 0 aromatic heterocycles. The van der Waals surface area contributed by atoms with Crippen molar-refractivity contribution in [1.29, 1.82) is 0 Å². The molecule has 4 nitrogen and oxygen atoms in total. The molecule has 0 bridgehead atoms. The van der Waals surface area contributed by atoms with E-state index in [-0.39, 0.29) is 6.42 Å². The van der Waals surface area contributed by atoms with E-state index in [9.17, 15) is 4.79 Å². The van der Waals surface area contributed by atoms with Crippen molar-refractivity contribution in [3.05, 3.63) is 23.8 Å². The third-order valence-corrected chi connectivity index (χ3v) is 2.83. The molecule has 0 aliphatic carbocycles. The first-order valence-corrected chi connectivity index (χ1v) is 6.19. The molecule has 0 spiro atoms. The number of carboxylic acids is 1. The average molecular weight is 250 g/mol. The van der Waals surface area contributed by atoms with Crippen molar-refractivity contribution >= 4 is 5.97 Å². The van der Waals surface area contributed by atoms with Gasteiger partial charge in [-0.25, -0.2) is 0 Å². The van der Waals surface area contributed by atoms with E-state index in [2.05, 4.69) is 0 Å². The molecular formula is C14H18O4. The number of benzene rings is 1. The summed E-state index contributed by atoms with van der Waals surface area (Å²) in [5.41, 5.74) is 1.15. The van der Waals surface area contributed by atoms with Crippen LogP contribution < -0.4 is 9.47 Å². The summed E-state index contributed by atoms with van der Waals surface area (Å²) in [6, 6.07) is 5.89. The van der Waals surface area contributed by atoms with Crippen LogP contribution in [0.3, 0.4) is 0 Å². The van der Waals surface area contributed by atoms with Crippen LogP contribution in [0.25, 0.3) is 0 Å². The number of carbonyl (C=O) groups is 1. The predicted molar refractivity (Wildman–Crippen MR) is 67.0 cm³/mol. The van der Waals surface area contributed by atoms with Crippen LogP contribution in [-0.4, -0.2) is 16.9 Å². The van der Waals surface area contributed by atoms with Gasteiger partial charge >= 0.3 is 5.97 Å². The molecule has 0 unspecified atom stereocenters. The average Bonchev–Trinajstić information content (AvgIpc) is 2.57. The Bertz CT molecular complexity index is 451. The lowest BCUT2D eigenvalue weighted by molar-refractivity contribution is -0.137. The SMILES string of the molecule is CC1(C)Oc2ccc(CCCCC(=O)O)cc2O1. The maximum atomic E-state index is 10.4. The normalized spacial score (nSPS) is 15.7. The van der Waals surface area contributed by atoms with Gasteiger partial charge in [0.05, 0.1) is 0 Å². The summed E-state index contributed by atoms with van der Waals surface area (Å²) < 4.78 is 11.3. The number of aliphatic carboxylic acids is 1. The summed E-state index contributed by atoms with van der Waals surface area (Å²) in [5, 5.41) is 8.56. The zero-order chi connectivity index (χ0) is 13.2. The smallest absolute Gasteiger partial charge is 0.303 e. The van der Waals surface area contributed by atoms with Gasteiger partial charge in [-0.1, -0.05) is 6.07 Å². The van der Waals surface area contributed by atoms with Crippen LogP contribution in [0.4, 0.5) is 0 Å². The molecule has 18 heavy (non-hydrogen) atoms. The van der Waals surface area contributed by atoms with E-state index < -0.39 is 11.8 Å². The number of aryl methyl sites for hydroxylation is 1. The fourth-order valence-electron chi connectivity index (χ4n) is 2.03. The Labute approximate surface area is 107 Å². The second-order valence-electron chi connectivity index (χ2n) is 4.99.